The molecule has 0 saturated carbocycles. The van der Waals surface area contributed by atoms with Crippen molar-refractivity contribution in [1.29, 1.82) is 0 Å². The highest BCUT2D eigenvalue weighted by Crippen LogP contribution is 2.11. The number of ether oxygens (including phenoxy) is 2. The van der Waals surface area contributed by atoms with Crippen molar-refractivity contribution in [2.75, 3.05) is 53.6 Å². The van der Waals surface area contributed by atoms with Gasteiger partial charge in [-0.05, 0) is 78.4 Å². The first-order chi connectivity index (χ1) is 19.6. The van der Waals surface area contributed by atoms with Crippen molar-refractivity contribution in [3.8, 4) is 0 Å². The predicted molar refractivity (Wildman–Crippen MR) is 174 cm³/mol. The minimum Gasteiger partial charge on any atom is -0.375 e. The summed E-state index contributed by atoms with van der Waals surface area (Å²) in [5.74, 6) is 0.219. The highest BCUT2D eigenvalue weighted by molar-refractivity contribution is 5.76. The van der Waals surface area contributed by atoms with E-state index in [0.717, 1.165) is 51.6 Å². The molecule has 0 aliphatic heterocycles. The Hall–Kier alpha value is -1.43. The summed E-state index contributed by atoms with van der Waals surface area (Å²) in [7, 11) is 4.12. The van der Waals surface area contributed by atoms with Crippen molar-refractivity contribution in [2.45, 2.75) is 130 Å². The molecule has 0 radical (unpaired) electrons. The van der Waals surface area contributed by atoms with Gasteiger partial charge in [0.05, 0.1) is 32.5 Å². The van der Waals surface area contributed by atoms with Crippen LogP contribution in [0, 0.1) is 0 Å². The topological polar surface area (TPSA) is 42.0 Å². The largest absolute Gasteiger partial charge is 0.375 e. The second-order valence-electron chi connectivity index (χ2n) is 11.3. The highest BCUT2D eigenvalue weighted by atomic mass is 16.5. The van der Waals surface area contributed by atoms with Crippen LogP contribution in [-0.2, 0) is 14.3 Å². The molecule has 0 atom stereocenters. The van der Waals surface area contributed by atoms with Gasteiger partial charge >= 0.3 is 0 Å². The minimum atomic E-state index is -0.0672. The summed E-state index contributed by atoms with van der Waals surface area (Å²) in [6, 6.07) is -0.0672. The molecule has 0 aliphatic carbocycles. The molecule has 5 nitrogen and oxygen atoms in total. The van der Waals surface area contributed by atoms with E-state index >= 15 is 0 Å². The third-order valence-corrected chi connectivity index (χ3v) is 7.00. The molecule has 0 rings (SSSR count). The van der Waals surface area contributed by atoms with E-state index in [0.29, 0.717) is 32.8 Å². The summed E-state index contributed by atoms with van der Waals surface area (Å²) < 4.78 is 12.2. The van der Waals surface area contributed by atoms with Crippen LogP contribution in [0.1, 0.15) is 124 Å². The molecule has 40 heavy (non-hydrogen) atoms. The minimum absolute atomic E-state index is 0.0672. The first-order valence-electron chi connectivity index (χ1n) is 16.6. The zero-order valence-electron chi connectivity index (χ0n) is 27.2. The van der Waals surface area contributed by atoms with E-state index in [9.17, 15) is 4.79 Å². The quantitative estimate of drug-likeness (QED) is 0.0675. The molecule has 0 fully saturated rings. The fourth-order valence-electron chi connectivity index (χ4n) is 4.50. The molecule has 0 saturated heterocycles. The zero-order valence-corrected chi connectivity index (χ0v) is 27.2. The molecule has 0 unspecified atom stereocenters. The number of hydrogen-bond donors (Lipinski definition) is 0. The molecular weight excluding hydrogens is 496 g/mol. The molecule has 0 spiro atoms. The van der Waals surface area contributed by atoms with E-state index in [1.54, 1.807) is 0 Å². The van der Waals surface area contributed by atoms with Crippen molar-refractivity contribution in [1.82, 2.24) is 9.80 Å². The summed E-state index contributed by atoms with van der Waals surface area (Å²) >= 11 is 0. The first-order valence-corrected chi connectivity index (χ1v) is 16.6. The fraction of sp³-hybridized carbons (Fsp3) is 0.800. The Bertz CT molecular complexity index is 604. The first kappa shape index (κ1) is 38.6. The maximum atomic E-state index is 13.4. The molecule has 1 amide bonds. The van der Waals surface area contributed by atoms with Crippen LogP contribution in [0.5, 0.6) is 0 Å². The third-order valence-electron chi connectivity index (χ3n) is 7.00. The van der Waals surface area contributed by atoms with E-state index in [-0.39, 0.29) is 11.9 Å². The molecule has 0 aromatic heterocycles. The van der Waals surface area contributed by atoms with Crippen LogP contribution in [-0.4, -0.2) is 75.4 Å². The number of hydrogen-bond acceptors (Lipinski definition) is 4. The molecule has 5 heteroatoms. The summed E-state index contributed by atoms with van der Waals surface area (Å²) in [5.41, 5.74) is 0. The van der Waals surface area contributed by atoms with Gasteiger partial charge in [0.2, 0.25) is 5.91 Å². The van der Waals surface area contributed by atoms with Crippen molar-refractivity contribution in [3.05, 3.63) is 36.5 Å². The Labute approximate surface area is 249 Å². The Morgan fingerprint density at radius 2 is 1.05 bits per heavy atom. The lowest BCUT2D eigenvalue weighted by Gasteiger charge is -2.32. The van der Waals surface area contributed by atoms with E-state index in [1.807, 2.05) is 0 Å². The van der Waals surface area contributed by atoms with Crippen molar-refractivity contribution in [2.24, 2.45) is 0 Å². The number of carbonyl (C=O) groups excluding carboxylic acids is 1. The molecule has 0 aromatic rings. The lowest BCUT2D eigenvalue weighted by Crippen LogP contribution is -2.46. The monoisotopic (exact) mass is 563 g/mol. The number of rotatable bonds is 29. The Balaban J connectivity index is 5.11. The van der Waals surface area contributed by atoms with Gasteiger partial charge < -0.3 is 19.3 Å². The van der Waals surface area contributed by atoms with E-state index in [1.165, 1.54) is 57.8 Å². The summed E-state index contributed by atoms with van der Waals surface area (Å²) in [6.07, 6.45) is 31.4. The molecule has 0 aliphatic rings. The fourth-order valence-corrected chi connectivity index (χ4v) is 4.50. The van der Waals surface area contributed by atoms with Crippen molar-refractivity contribution >= 4 is 5.91 Å². The summed E-state index contributed by atoms with van der Waals surface area (Å²) in [4.78, 5) is 17.6. The average molecular weight is 563 g/mol. The average Bonchev–Trinajstić information content (AvgIpc) is 2.94. The van der Waals surface area contributed by atoms with Crippen LogP contribution >= 0.6 is 0 Å². The van der Waals surface area contributed by atoms with Gasteiger partial charge in [0.25, 0.3) is 0 Å². The second-order valence-corrected chi connectivity index (χ2v) is 11.3. The van der Waals surface area contributed by atoms with Crippen molar-refractivity contribution < 1.29 is 14.3 Å². The third kappa shape index (κ3) is 25.5. The van der Waals surface area contributed by atoms with Crippen LogP contribution < -0.4 is 0 Å². The maximum absolute atomic E-state index is 13.4. The molecule has 234 valence electrons. The van der Waals surface area contributed by atoms with Gasteiger partial charge in [-0.2, -0.15) is 0 Å². The van der Waals surface area contributed by atoms with Crippen LogP contribution in [0.15, 0.2) is 36.5 Å². The van der Waals surface area contributed by atoms with Gasteiger partial charge in [0.15, 0.2) is 0 Å². The summed E-state index contributed by atoms with van der Waals surface area (Å²) in [6.45, 7) is 10.6. The zero-order chi connectivity index (χ0) is 29.5. The smallest absolute Gasteiger partial charge is 0.223 e. The highest BCUT2D eigenvalue weighted by Gasteiger charge is 2.23. The Morgan fingerprint density at radius 1 is 0.600 bits per heavy atom. The number of nitrogens with zero attached hydrogens (tertiary/aromatic N) is 2. The molecule has 0 bridgehead atoms. The van der Waals surface area contributed by atoms with Crippen LogP contribution in [0.4, 0.5) is 0 Å². The standard InChI is InChI=1S/C35H66N2O3/c1-6-9-12-15-18-19-20-23-29-37(35(38)27-26-28-36(4)5)34(32-39-30-24-21-16-13-10-7-2)33-40-31-25-22-17-14-11-8-3/h18-19,21-22,24-25,34H,6-17,20,23,26-33H2,1-5H3/b19-18-,24-21-,25-22-. The van der Waals surface area contributed by atoms with Gasteiger partial charge in [-0.15, -0.1) is 0 Å². The van der Waals surface area contributed by atoms with Crippen LogP contribution in [0.25, 0.3) is 0 Å². The number of unbranched alkanes of at least 4 members (excludes halogenated alkanes) is 10. The van der Waals surface area contributed by atoms with Gasteiger partial charge in [-0.25, -0.2) is 0 Å². The van der Waals surface area contributed by atoms with Crippen molar-refractivity contribution in [3.63, 3.8) is 0 Å². The lowest BCUT2D eigenvalue weighted by atomic mass is 10.1. The number of amides is 1. The predicted octanol–water partition coefficient (Wildman–Crippen LogP) is 8.75. The maximum Gasteiger partial charge on any atom is 0.223 e. The number of carbonyl (C=O) groups is 1. The van der Waals surface area contributed by atoms with Gasteiger partial charge in [0.1, 0.15) is 0 Å². The van der Waals surface area contributed by atoms with Crippen LogP contribution in [0.2, 0.25) is 0 Å². The summed E-state index contributed by atoms with van der Waals surface area (Å²) in [5, 5.41) is 0. The van der Waals surface area contributed by atoms with E-state index in [2.05, 4.69) is 81.1 Å². The van der Waals surface area contributed by atoms with E-state index in [4.69, 9.17) is 9.47 Å². The Morgan fingerprint density at radius 3 is 1.50 bits per heavy atom. The molecule has 0 heterocycles. The van der Waals surface area contributed by atoms with E-state index < -0.39 is 0 Å². The Kier molecular flexibility index (Phi) is 29.4. The second kappa shape index (κ2) is 30.5. The molecule has 0 N–H and O–H groups in total. The van der Waals surface area contributed by atoms with Gasteiger partial charge in [-0.3, -0.25) is 4.79 Å². The van der Waals surface area contributed by atoms with Gasteiger partial charge in [0, 0.05) is 13.0 Å². The molecular formula is C35H66N2O3. The molecule has 0 aromatic carbocycles. The van der Waals surface area contributed by atoms with Gasteiger partial charge in [-0.1, -0.05) is 95.8 Å². The normalized spacial score (nSPS) is 12.3. The SMILES string of the molecule is CCCCC/C=C\CCCN(C(=O)CCCN(C)C)C(COC/C=C\CCCCC)COC/C=C\CCCCC. The lowest BCUT2D eigenvalue weighted by molar-refractivity contribution is -0.136. The van der Waals surface area contributed by atoms with Crippen LogP contribution in [0.3, 0.4) is 0 Å². The number of allylic oxidation sites excluding steroid dienone is 4.